The second kappa shape index (κ2) is 5.40. The second-order valence-corrected chi connectivity index (χ2v) is 4.90. The quantitative estimate of drug-likeness (QED) is 0.854. The van der Waals surface area contributed by atoms with Crippen LogP contribution in [0.25, 0.3) is 0 Å². The van der Waals surface area contributed by atoms with Crippen LogP contribution in [0, 0.1) is 5.92 Å². The third-order valence-corrected chi connectivity index (χ3v) is 3.12. The summed E-state index contributed by atoms with van der Waals surface area (Å²) in [4.78, 5) is 11.9. The number of carbonyl (C=O) groups is 1. The lowest BCUT2D eigenvalue weighted by Crippen LogP contribution is -2.28. The van der Waals surface area contributed by atoms with E-state index in [4.69, 9.17) is 4.74 Å². The van der Waals surface area contributed by atoms with Crippen LogP contribution >= 0.6 is 0 Å². The monoisotopic (exact) mass is 248 g/mol. The Balaban J connectivity index is 2.03. The lowest BCUT2D eigenvalue weighted by atomic mass is 10.1. The number of rotatable bonds is 4. The zero-order valence-electron chi connectivity index (χ0n) is 11.1. The van der Waals surface area contributed by atoms with E-state index in [2.05, 4.69) is 10.6 Å². The van der Waals surface area contributed by atoms with Crippen molar-refractivity contribution in [3.8, 4) is 5.75 Å². The maximum Gasteiger partial charge on any atom is 0.228 e. The molecule has 4 heteroatoms. The van der Waals surface area contributed by atoms with Crippen molar-refractivity contribution < 1.29 is 9.53 Å². The lowest BCUT2D eigenvalue weighted by Gasteiger charge is -2.12. The Bertz CT molecular complexity index is 445. The fourth-order valence-electron chi connectivity index (χ4n) is 2.16. The maximum atomic E-state index is 11.9. The van der Waals surface area contributed by atoms with Crippen molar-refractivity contribution in [3.63, 3.8) is 0 Å². The van der Waals surface area contributed by atoms with Crippen LogP contribution in [-0.4, -0.2) is 25.6 Å². The second-order valence-electron chi connectivity index (χ2n) is 4.90. The van der Waals surface area contributed by atoms with E-state index in [1.165, 1.54) is 5.56 Å². The molecule has 1 amide bonds. The topological polar surface area (TPSA) is 50.4 Å². The van der Waals surface area contributed by atoms with Crippen LogP contribution in [0.4, 0.5) is 5.69 Å². The molecule has 1 heterocycles. The first-order chi connectivity index (χ1) is 8.60. The highest BCUT2D eigenvalue weighted by Crippen LogP contribution is 2.30. The molecule has 2 rings (SSSR count). The third-order valence-electron chi connectivity index (χ3n) is 3.12. The van der Waals surface area contributed by atoms with Crippen LogP contribution < -0.4 is 15.4 Å². The number of nitrogens with one attached hydrogen (secondary N) is 2. The number of fused-ring (bicyclic) bond motifs is 1. The third kappa shape index (κ3) is 2.82. The maximum absolute atomic E-state index is 11.9. The zero-order chi connectivity index (χ0) is 13.1. The van der Waals surface area contributed by atoms with Crippen molar-refractivity contribution in [2.24, 2.45) is 5.92 Å². The van der Waals surface area contributed by atoms with Gasteiger partial charge in [-0.2, -0.15) is 0 Å². The van der Waals surface area contributed by atoms with Gasteiger partial charge in [0.25, 0.3) is 0 Å². The SMILES string of the molecule is CNCC(C)C(=O)Nc1ccc2c(c1)CC(C)O2. The molecular weight excluding hydrogens is 228 g/mol. The number of amides is 1. The average Bonchev–Trinajstić information content (AvgIpc) is 2.68. The summed E-state index contributed by atoms with van der Waals surface area (Å²) in [5.74, 6) is 0.929. The van der Waals surface area contributed by atoms with Crippen LogP contribution in [0.3, 0.4) is 0 Å². The number of ether oxygens (including phenoxy) is 1. The molecule has 0 radical (unpaired) electrons. The van der Waals surface area contributed by atoms with Crippen molar-refractivity contribution >= 4 is 11.6 Å². The lowest BCUT2D eigenvalue weighted by molar-refractivity contribution is -0.119. The number of anilines is 1. The Morgan fingerprint density at radius 1 is 1.56 bits per heavy atom. The van der Waals surface area contributed by atoms with Gasteiger partial charge in [0.1, 0.15) is 11.9 Å². The van der Waals surface area contributed by atoms with Crippen LogP contribution in [0.5, 0.6) is 5.75 Å². The first kappa shape index (κ1) is 12.9. The molecule has 1 aromatic carbocycles. The molecule has 4 nitrogen and oxygen atoms in total. The van der Waals surface area contributed by atoms with Gasteiger partial charge >= 0.3 is 0 Å². The molecule has 1 aliphatic heterocycles. The normalized spacial score (nSPS) is 18.9. The van der Waals surface area contributed by atoms with Crippen molar-refractivity contribution in [3.05, 3.63) is 23.8 Å². The smallest absolute Gasteiger partial charge is 0.228 e. The minimum absolute atomic E-state index is 0.0382. The highest BCUT2D eigenvalue weighted by Gasteiger charge is 2.19. The van der Waals surface area contributed by atoms with Gasteiger partial charge in [-0.1, -0.05) is 6.92 Å². The van der Waals surface area contributed by atoms with Gasteiger partial charge < -0.3 is 15.4 Å². The molecule has 0 aliphatic carbocycles. The molecule has 0 spiro atoms. The minimum Gasteiger partial charge on any atom is -0.490 e. The number of hydrogen-bond acceptors (Lipinski definition) is 3. The van der Waals surface area contributed by atoms with E-state index in [1.54, 1.807) is 0 Å². The van der Waals surface area contributed by atoms with Crippen molar-refractivity contribution in [1.82, 2.24) is 5.32 Å². The molecule has 0 fully saturated rings. The van der Waals surface area contributed by atoms with Gasteiger partial charge in [0.2, 0.25) is 5.91 Å². The van der Waals surface area contributed by atoms with Gasteiger partial charge in [0.15, 0.2) is 0 Å². The van der Waals surface area contributed by atoms with E-state index in [0.29, 0.717) is 6.54 Å². The molecule has 2 N–H and O–H groups in total. The molecule has 98 valence electrons. The molecule has 0 bridgehead atoms. The summed E-state index contributed by atoms with van der Waals surface area (Å²) in [6.45, 7) is 4.63. The van der Waals surface area contributed by atoms with E-state index >= 15 is 0 Å². The molecule has 2 unspecified atom stereocenters. The Labute approximate surface area is 108 Å². The standard InChI is InChI=1S/C14H20N2O2/c1-9(8-15-3)14(17)16-12-4-5-13-11(7-12)6-10(2)18-13/h4-5,7,9-10,15H,6,8H2,1-3H3,(H,16,17). The van der Waals surface area contributed by atoms with Gasteiger partial charge in [-0.3, -0.25) is 4.79 Å². The van der Waals surface area contributed by atoms with Gasteiger partial charge in [0, 0.05) is 24.6 Å². The van der Waals surface area contributed by atoms with E-state index in [9.17, 15) is 4.79 Å². The predicted octanol–water partition coefficient (Wildman–Crippen LogP) is 1.80. The minimum atomic E-state index is -0.0431. The summed E-state index contributed by atoms with van der Waals surface area (Å²) >= 11 is 0. The molecule has 18 heavy (non-hydrogen) atoms. The largest absolute Gasteiger partial charge is 0.490 e. The molecule has 0 saturated heterocycles. The average molecular weight is 248 g/mol. The molecule has 2 atom stereocenters. The Hall–Kier alpha value is -1.55. The van der Waals surface area contributed by atoms with Gasteiger partial charge in [0.05, 0.1) is 0 Å². The van der Waals surface area contributed by atoms with Gasteiger partial charge in [-0.05, 0) is 37.7 Å². The molecular formula is C14H20N2O2. The fraction of sp³-hybridized carbons (Fsp3) is 0.500. The molecule has 1 aliphatic rings. The van der Waals surface area contributed by atoms with E-state index in [0.717, 1.165) is 17.9 Å². The fourth-order valence-corrected chi connectivity index (χ4v) is 2.16. The van der Waals surface area contributed by atoms with Gasteiger partial charge in [-0.15, -0.1) is 0 Å². The van der Waals surface area contributed by atoms with Crippen molar-refractivity contribution in [2.75, 3.05) is 18.9 Å². The molecule has 0 aromatic heterocycles. The highest BCUT2D eigenvalue weighted by molar-refractivity contribution is 5.92. The first-order valence-corrected chi connectivity index (χ1v) is 6.35. The number of hydrogen-bond donors (Lipinski definition) is 2. The molecule has 1 aromatic rings. The van der Waals surface area contributed by atoms with Crippen LogP contribution in [0.1, 0.15) is 19.4 Å². The van der Waals surface area contributed by atoms with Crippen LogP contribution in [-0.2, 0) is 11.2 Å². The Morgan fingerprint density at radius 2 is 2.33 bits per heavy atom. The van der Waals surface area contributed by atoms with Crippen molar-refractivity contribution in [2.45, 2.75) is 26.4 Å². The summed E-state index contributed by atoms with van der Waals surface area (Å²) < 4.78 is 5.63. The van der Waals surface area contributed by atoms with E-state index in [-0.39, 0.29) is 17.9 Å². The zero-order valence-corrected chi connectivity index (χ0v) is 11.1. The van der Waals surface area contributed by atoms with E-state index in [1.807, 2.05) is 39.1 Å². The Morgan fingerprint density at radius 3 is 3.06 bits per heavy atom. The van der Waals surface area contributed by atoms with Crippen LogP contribution in [0.15, 0.2) is 18.2 Å². The highest BCUT2D eigenvalue weighted by atomic mass is 16.5. The summed E-state index contributed by atoms with van der Waals surface area (Å²) in [6.07, 6.45) is 1.14. The first-order valence-electron chi connectivity index (χ1n) is 6.35. The predicted molar refractivity (Wildman–Crippen MR) is 72.0 cm³/mol. The summed E-state index contributed by atoms with van der Waals surface area (Å²) in [6, 6.07) is 5.82. The Kier molecular flexibility index (Phi) is 3.87. The summed E-state index contributed by atoms with van der Waals surface area (Å²) in [5.41, 5.74) is 2.01. The number of carbonyl (C=O) groups excluding carboxylic acids is 1. The summed E-state index contributed by atoms with van der Waals surface area (Å²) in [7, 11) is 1.85. The van der Waals surface area contributed by atoms with Crippen molar-refractivity contribution in [1.29, 1.82) is 0 Å². The van der Waals surface area contributed by atoms with Gasteiger partial charge in [-0.25, -0.2) is 0 Å². The van der Waals surface area contributed by atoms with E-state index < -0.39 is 0 Å². The summed E-state index contributed by atoms with van der Waals surface area (Å²) in [5, 5.41) is 5.94. The number of benzene rings is 1. The molecule has 0 saturated carbocycles. The van der Waals surface area contributed by atoms with Crippen LogP contribution in [0.2, 0.25) is 0 Å².